The van der Waals surface area contributed by atoms with E-state index in [-0.39, 0.29) is 0 Å². The minimum atomic E-state index is 0.610. The minimum absolute atomic E-state index is 0.610. The van der Waals surface area contributed by atoms with Crippen LogP contribution in [0.4, 0.5) is 0 Å². The molecule has 0 fully saturated rings. The highest BCUT2D eigenvalue weighted by molar-refractivity contribution is 5.43. The Morgan fingerprint density at radius 3 is 2.44 bits per heavy atom. The summed E-state index contributed by atoms with van der Waals surface area (Å²) in [4.78, 5) is 0. The zero-order chi connectivity index (χ0) is 13.4. The SMILES string of the molecule is CCC(CC)COc1ccc(CCN)cc1OC. The first-order valence-electron chi connectivity index (χ1n) is 6.74. The van der Waals surface area contributed by atoms with Crippen molar-refractivity contribution in [2.24, 2.45) is 11.7 Å². The molecule has 1 aromatic rings. The van der Waals surface area contributed by atoms with Gasteiger partial charge in [-0.05, 0) is 36.6 Å². The van der Waals surface area contributed by atoms with Crippen molar-refractivity contribution in [2.75, 3.05) is 20.3 Å². The summed E-state index contributed by atoms with van der Waals surface area (Å²) in [7, 11) is 1.67. The van der Waals surface area contributed by atoms with Gasteiger partial charge in [-0.15, -0.1) is 0 Å². The average molecular weight is 251 g/mol. The van der Waals surface area contributed by atoms with Gasteiger partial charge in [0.15, 0.2) is 11.5 Å². The van der Waals surface area contributed by atoms with Gasteiger partial charge in [-0.3, -0.25) is 0 Å². The Bertz CT molecular complexity index is 348. The molecule has 0 bridgehead atoms. The normalized spacial score (nSPS) is 10.7. The third-order valence-electron chi connectivity index (χ3n) is 3.29. The Hall–Kier alpha value is -1.22. The summed E-state index contributed by atoms with van der Waals surface area (Å²) in [6, 6.07) is 6.04. The van der Waals surface area contributed by atoms with Crippen molar-refractivity contribution in [1.29, 1.82) is 0 Å². The predicted octanol–water partition coefficient (Wildman–Crippen LogP) is 3.01. The molecule has 3 heteroatoms. The van der Waals surface area contributed by atoms with E-state index in [1.54, 1.807) is 7.11 Å². The molecule has 0 aliphatic carbocycles. The zero-order valence-electron chi connectivity index (χ0n) is 11.7. The van der Waals surface area contributed by atoms with Crippen molar-refractivity contribution in [2.45, 2.75) is 33.1 Å². The smallest absolute Gasteiger partial charge is 0.161 e. The Balaban J connectivity index is 2.70. The van der Waals surface area contributed by atoms with Gasteiger partial charge < -0.3 is 15.2 Å². The summed E-state index contributed by atoms with van der Waals surface area (Å²) < 4.78 is 11.2. The van der Waals surface area contributed by atoms with Crippen molar-refractivity contribution in [1.82, 2.24) is 0 Å². The van der Waals surface area contributed by atoms with E-state index < -0.39 is 0 Å². The van der Waals surface area contributed by atoms with Crippen LogP contribution in [0.2, 0.25) is 0 Å². The molecule has 2 N–H and O–H groups in total. The van der Waals surface area contributed by atoms with Crippen molar-refractivity contribution >= 4 is 0 Å². The second-order valence-corrected chi connectivity index (χ2v) is 4.52. The molecule has 18 heavy (non-hydrogen) atoms. The lowest BCUT2D eigenvalue weighted by molar-refractivity contribution is 0.230. The van der Waals surface area contributed by atoms with E-state index in [1.165, 1.54) is 5.56 Å². The molecule has 0 radical (unpaired) electrons. The second kappa shape index (κ2) is 7.98. The van der Waals surface area contributed by atoms with Crippen LogP contribution >= 0.6 is 0 Å². The summed E-state index contributed by atoms with van der Waals surface area (Å²) in [5.74, 6) is 2.23. The van der Waals surface area contributed by atoms with E-state index in [9.17, 15) is 0 Å². The molecule has 0 atom stereocenters. The third-order valence-corrected chi connectivity index (χ3v) is 3.29. The first-order valence-corrected chi connectivity index (χ1v) is 6.74. The summed E-state index contributed by atoms with van der Waals surface area (Å²) in [5, 5.41) is 0. The summed E-state index contributed by atoms with van der Waals surface area (Å²) in [6.45, 7) is 5.79. The molecule has 0 aromatic heterocycles. The van der Waals surface area contributed by atoms with Crippen LogP contribution in [0.5, 0.6) is 11.5 Å². The molecule has 0 amide bonds. The van der Waals surface area contributed by atoms with E-state index >= 15 is 0 Å². The summed E-state index contributed by atoms with van der Waals surface area (Å²) in [6.07, 6.45) is 3.15. The maximum Gasteiger partial charge on any atom is 0.161 e. The topological polar surface area (TPSA) is 44.5 Å². The van der Waals surface area contributed by atoms with Crippen LogP contribution in [0.3, 0.4) is 0 Å². The van der Waals surface area contributed by atoms with Crippen molar-refractivity contribution in [3.8, 4) is 11.5 Å². The van der Waals surface area contributed by atoms with Gasteiger partial charge in [0, 0.05) is 0 Å². The highest BCUT2D eigenvalue weighted by Gasteiger charge is 2.09. The molecule has 0 spiro atoms. The number of ether oxygens (including phenoxy) is 2. The lowest BCUT2D eigenvalue weighted by atomic mass is 10.1. The fraction of sp³-hybridized carbons (Fsp3) is 0.600. The monoisotopic (exact) mass is 251 g/mol. The van der Waals surface area contributed by atoms with E-state index in [2.05, 4.69) is 19.9 Å². The molecule has 1 rings (SSSR count). The van der Waals surface area contributed by atoms with E-state index in [0.717, 1.165) is 37.4 Å². The van der Waals surface area contributed by atoms with Crippen LogP contribution in [0, 0.1) is 5.92 Å². The van der Waals surface area contributed by atoms with E-state index in [0.29, 0.717) is 12.5 Å². The number of nitrogens with two attached hydrogens (primary N) is 1. The number of benzene rings is 1. The van der Waals surface area contributed by atoms with Crippen LogP contribution in [0.25, 0.3) is 0 Å². The Labute approximate surface area is 110 Å². The third kappa shape index (κ3) is 4.22. The first-order chi connectivity index (χ1) is 8.74. The second-order valence-electron chi connectivity index (χ2n) is 4.52. The number of rotatable bonds is 8. The van der Waals surface area contributed by atoms with Gasteiger partial charge >= 0.3 is 0 Å². The van der Waals surface area contributed by atoms with Crippen LogP contribution in [0.15, 0.2) is 18.2 Å². The zero-order valence-corrected chi connectivity index (χ0v) is 11.7. The molecular weight excluding hydrogens is 226 g/mol. The fourth-order valence-electron chi connectivity index (χ4n) is 1.89. The molecule has 1 aromatic carbocycles. The van der Waals surface area contributed by atoms with Gasteiger partial charge in [0.1, 0.15) is 0 Å². The van der Waals surface area contributed by atoms with Crippen molar-refractivity contribution in [3.05, 3.63) is 23.8 Å². The van der Waals surface area contributed by atoms with Crippen molar-refractivity contribution < 1.29 is 9.47 Å². The summed E-state index contributed by atoms with van der Waals surface area (Å²) >= 11 is 0. The first kappa shape index (κ1) is 14.8. The van der Waals surface area contributed by atoms with Crippen LogP contribution < -0.4 is 15.2 Å². The molecule has 0 heterocycles. The van der Waals surface area contributed by atoms with E-state index in [4.69, 9.17) is 15.2 Å². The Morgan fingerprint density at radius 2 is 1.89 bits per heavy atom. The van der Waals surface area contributed by atoms with Gasteiger partial charge in [0.25, 0.3) is 0 Å². The van der Waals surface area contributed by atoms with E-state index in [1.807, 2.05) is 12.1 Å². The molecule has 0 saturated carbocycles. The fourth-order valence-corrected chi connectivity index (χ4v) is 1.89. The Morgan fingerprint density at radius 1 is 1.17 bits per heavy atom. The largest absolute Gasteiger partial charge is 0.493 e. The Kier molecular flexibility index (Phi) is 6.58. The maximum absolute atomic E-state index is 5.85. The standard InChI is InChI=1S/C15H25NO2/c1-4-12(5-2)11-18-14-7-6-13(8-9-16)10-15(14)17-3/h6-7,10,12H,4-5,8-9,11,16H2,1-3H3. The highest BCUT2D eigenvalue weighted by Crippen LogP contribution is 2.29. The number of methoxy groups -OCH3 is 1. The summed E-state index contributed by atoms with van der Waals surface area (Å²) in [5.41, 5.74) is 6.74. The number of hydrogen-bond donors (Lipinski definition) is 1. The van der Waals surface area contributed by atoms with Gasteiger partial charge in [0.2, 0.25) is 0 Å². The van der Waals surface area contributed by atoms with Gasteiger partial charge in [-0.1, -0.05) is 32.8 Å². The van der Waals surface area contributed by atoms with Gasteiger partial charge in [-0.25, -0.2) is 0 Å². The number of hydrogen-bond acceptors (Lipinski definition) is 3. The average Bonchev–Trinajstić information content (AvgIpc) is 2.41. The maximum atomic E-state index is 5.85. The lowest BCUT2D eigenvalue weighted by Crippen LogP contribution is -2.11. The van der Waals surface area contributed by atoms with Crippen molar-refractivity contribution in [3.63, 3.8) is 0 Å². The van der Waals surface area contributed by atoms with Crippen LogP contribution in [-0.2, 0) is 6.42 Å². The van der Waals surface area contributed by atoms with Crippen LogP contribution in [-0.4, -0.2) is 20.3 Å². The predicted molar refractivity (Wildman–Crippen MR) is 75.3 cm³/mol. The van der Waals surface area contributed by atoms with Crippen LogP contribution in [0.1, 0.15) is 32.3 Å². The lowest BCUT2D eigenvalue weighted by Gasteiger charge is -2.16. The molecule has 0 unspecified atom stereocenters. The van der Waals surface area contributed by atoms with Gasteiger partial charge in [-0.2, -0.15) is 0 Å². The quantitative estimate of drug-likeness (QED) is 0.772. The molecule has 3 nitrogen and oxygen atoms in total. The highest BCUT2D eigenvalue weighted by atomic mass is 16.5. The van der Waals surface area contributed by atoms with Gasteiger partial charge in [0.05, 0.1) is 13.7 Å². The minimum Gasteiger partial charge on any atom is -0.493 e. The molecule has 102 valence electrons. The molecular formula is C15H25NO2. The molecule has 0 aliphatic rings. The molecule has 0 aliphatic heterocycles. The molecule has 0 saturated heterocycles.